The minimum Gasteiger partial charge on any atom is -0.479 e. The number of likely N-dealkylation sites (tertiary alicyclic amines) is 1. The Bertz CT molecular complexity index is 2330. The monoisotopic (exact) mass is 1100 g/mol. The van der Waals surface area contributed by atoms with Crippen LogP contribution in [0.25, 0.3) is 0 Å². The Morgan fingerprint density at radius 2 is 1.54 bits per heavy atom. The first-order chi connectivity index (χ1) is 36.8. The highest BCUT2D eigenvalue weighted by atomic mass is 16.7. The second kappa shape index (κ2) is 29.9. The Labute approximate surface area is 457 Å². The lowest BCUT2D eigenvalue weighted by atomic mass is 9.89. The summed E-state index contributed by atoms with van der Waals surface area (Å²) >= 11 is 0. The number of nitrogens with zero attached hydrogens (tertiary/aromatic N) is 3. The molecule has 23 nitrogen and oxygen atoms in total. The third kappa shape index (κ3) is 16.8. The Hall–Kier alpha value is -5.95. The lowest BCUT2D eigenvalue weighted by Crippen LogP contribution is -2.61. The summed E-state index contributed by atoms with van der Waals surface area (Å²) in [5.74, 6) is -5.31. The van der Waals surface area contributed by atoms with Crippen LogP contribution in [0.15, 0.2) is 48.5 Å². The van der Waals surface area contributed by atoms with Crippen LogP contribution < -0.4 is 26.4 Å². The van der Waals surface area contributed by atoms with E-state index in [1.165, 1.54) is 37.3 Å². The minimum atomic E-state index is -1.97. The zero-order valence-corrected chi connectivity index (χ0v) is 46.9. The van der Waals surface area contributed by atoms with Gasteiger partial charge in [0.15, 0.2) is 6.10 Å². The normalized spacial score (nSPS) is 22.5. The number of nitrogens with two attached hydrogens (primary N) is 1. The van der Waals surface area contributed by atoms with Gasteiger partial charge in [-0.3, -0.25) is 28.9 Å². The smallest absolute Gasteiger partial charge is 0.410 e. The van der Waals surface area contributed by atoms with Gasteiger partial charge in [0, 0.05) is 52.7 Å². The summed E-state index contributed by atoms with van der Waals surface area (Å²) in [4.78, 5) is 99.1. The van der Waals surface area contributed by atoms with Crippen LogP contribution in [0.2, 0.25) is 0 Å². The number of methoxy groups -OCH3 is 1. The molecule has 0 unspecified atom stereocenters. The number of carbonyl (C=O) groups excluding carboxylic acids is 6. The average molecular weight is 1100 g/mol. The lowest BCUT2D eigenvalue weighted by Gasteiger charge is -2.40. The molecule has 2 aromatic rings. The van der Waals surface area contributed by atoms with Crippen molar-refractivity contribution in [1.82, 2.24) is 25.3 Å². The molecule has 436 valence electrons. The van der Waals surface area contributed by atoms with Gasteiger partial charge < -0.3 is 76.0 Å². The van der Waals surface area contributed by atoms with Crippen molar-refractivity contribution in [2.75, 3.05) is 39.6 Å². The van der Waals surface area contributed by atoms with Gasteiger partial charge in [0.2, 0.25) is 35.8 Å². The molecule has 23 heteroatoms. The summed E-state index contributed by atoms with van der Waals surface area (Å²) in [6.07, 6.45) is -9.77. The highest BCUT2D eigenvalue weighted by Gasteiger charge is 2.48. The van der Waals surface area contributed by atoms with E-state index in [4.69, 9.17) is 24.7 Å². The van der Waals surface area contributed by atoms with Gasteiger partial charge in [0.1, 0.15) is 42.8 Å². The predicted molar refractivity (Wildman–Crippen MR) is 286 cm³/mol. The number of carboxylic acids is 1. The number of amides is 6. The van der Waals surface area contributed by atoms with Crippen molar-refractivity contribution >= 4 is 47.3 Å². The van der Waals surface area contributed by atoms with Gasteiger partial charge in [-0.1, -0.05) is 91.3 Å². The molecule has 2 aliphatic rings. The van der Waals surface area contributed by atoms with Crippen LogP contribution in [-0.4, -0.2) is 183 Å². The minimum absolute atomic E-state index is 0.0153. The largest absolute Gasteiger partial charge is 0.479 e. The second-order valence-corrected chi connectivity index (χ2v) is 21.3. The maximum atomic E-state index is 14.7. The molecule has 2 saturated heterocycles. The van der Waals surface area contributed by atoms with Crippen LogP contribution in [-0.2, 0) is 49.6 Å². The molecular weight excluding hydrogens is 1010 g/mol. The number of likely N-dealkylation sites (N-methyl/N-ethyl adjacent to an activating group) is 2. The van der Waals surface area contributed by atoms with Crippen molar-refractivity contribution in [3.63, 3.8) is 0 Å². The number of aliphatic hydroxyl groups excluding tert-OH is 4. The molecule has 0 saturated carbocycles. The molecular formula is C55H85N7O16. The fraction of sp³-hybridized carbons (Fsp3) is 0.655. The van der Waals surface area contributed by atoms with Crippen LogP contribution >= 0.6 is 0 Å². The molecule has 0 aromatic heterocycles. The molecule has 14 atom stereocenters. The van der Waals surface area contributed by atoms with Gasteiger partial charge in [-0.05, 0) is 67.2 Å². The first-order valence-corrected chi connectivity index (χ1v) is 26.8. The fourth-order valence-electron chi connectivity index (χ4n) is 10.1. The predicted octanol–water partition coefficient (Wildman–Crippen LogP) is 2.51. The Morgan fingerprint density at radius 1 is 0.872 bits per heavy atom. The van der Waals surface area contributed by atoms with E-state index >= 15 is 0 Å². The topological polar surface area (TPSA) is 329 Å². The highest BCUT2D eigenvalue weighted by molar-refractivity contribution is 5.93. The number of aliphatic carboxylic acids is 1. The number of rotatable bonds is 27. The van der Waals surface area contributed by atoms with Crippen molar-refractivity contribution in [3.8, 4) is 5.75 Å². The van der Waals surface area contributed by atoms with E-state index < -0.39 is 121 Å². The number of carbonyl (C=O) groups is 7. The first-order valence-electron chi connectivity index (χ1n) is 26.8. The quantitative estimate of drug-likeness (QED) is 0.0621. The van der Waals surface area contributed by atoms with E-state index in [1.54, 1.807) is 58.7 Å². The van der Waals surface area contributed by atoms with Gasteiger partial charge in [0.25, 0.3) is 0 Å². The van der Waals surface area contributed by atoms with E-state index in [0.29, 0.717) is 36.9 Å². The van der Waals surface area contributed by atoms with Crippen LogP contribution in [0.3, 0.4) is 0 Å². The molecule has 4 rings (SSSR count). The fourth-order valence-corrected chi connectivity index (χ4v) is 10.1. The number of nitrogens with one attached hydrogen (secondary N) is 3. The Kier molecular flexibility index (Phi) is 24.7. The lowest BCUT2D eigenvalue weighted by molar-refractivity contribution is -0.271. The standard InChI is InChI=1S/C55H85N7O16/c1-12-31(6)44(39(75-11)27-41(64)62-24-16-19-36(62)25-32(7)50(69)57-33(8)45(65)35-17-14-13-15-18-35)60(9)52(71)42(29(2)3)59-51(70)43(30(4)5)61(10)55(74)76-28-34-20-21-38(37(26-34)58-40(63)22-23-56)77-54-48(68)46(66)47(67)49(78-54)53(72)73/h13-15,17-18,20-21,26,29-33,36,39,42-49,54,65-68H,12,16,19,22-25,27-28,56H2,1-11H3,(H,57,69)(H,58,63)(H,59,70)(H,72,73)/t31-,32+,33+,36-,39+,42-,43-,44-,45+,46-,47-,48+,49-,54+/m0/s1. The van der Waals surface area contributed by atoms with Crippen molar-refractivity contribution in [1.29, 1.82) is 0 Å². The zero-order chi connectivity index (χ0) is 58.3. The summed E-state index contributed by atoms with van der Waals surface area (Å²) < 4.78 is 22.6. The summed E-state index contributed by atoms with van der Waals surface area (Å²) in [7, 11) is 4.50. The van der Waals surface area contributed by atoms with Crippen LogP contribution in [0.1, 0.15) is 111 Å². The molecule has 2 aromatic carbocycles. The molecule has 78 heavy (non-hydrogen) atoms. The molecule has 10 N–H and O–H groups in total. The van der Waals surface area contributed by atoms with E-state index in [1.807, 2.05) is 39.0 Å². The van der Waals surface area contributed by atoms with E-state index in [9.17, 15) is 59.1 Å². The molecule has 0 aliphatic carbocycles. The second-order valence-electron chi connectivity index (χ2n) is 21.3. The number of anilines is 1. The van der Waals surface area contributed by atoms with Gasteiger partial charge in [-0.15, -0.1) is 0 Å². The van der Waals surface area contributed by atoms with Crippen LogP contribution in [0.4, 0.5) is 10.5 Å². The van der Waals surface area contributed by atoms with Crippen LogP contribution in [0.5, 0.6) is 5.75 Å². The van der Waals surface area contributed by atoms with Crippen molar-refractivity contribution in [2.45, 2.75) is 174 Å². The zero-order valence-electron chi connectivity index (χ0n) is 46.9. The van der Waals surface area contributed by atoms with E-state index in [2.05, 4.69) is 16.0 Å². The summed E-state index contributed by atoms with van der Waals surface area (Å²) in [5.41, 5.74) is 6.54. The van der Waals surface area contributed by atoms with Gasteiger partial charge >= 0.3 is 12.1 Å². The number of hydrogen-bond donors (Lipinski definition) is 9. The summed E-state index contributed by atoms with van der Waals surface area (Å²) in [6, 6.07) is 9.66. The maximum Gasteiger partial charge on any atom is 0.410 e. The van der Waals surface area contributed by atoms with Crippen LogP contribution in [0, 0.1) is 23.7 Å². The SMILES string of the molecule is CC[C@H](C)[C@@H]([C@@H](CC(=O)N1CCC[C@H]1C[C@@H](C)C(=O)N[C@H](C)[C@@H](O)c1ccccc1)OC)N(C)C(=O)[C@@H](NC(=O)[C@H](C(C)C)N(C)C(=O)OCc1ccc(O[C@@H]2O[C@H](C(=O)O)[C@@H](O)[C@H](O)[C@H]2O)c(NC(=O)CCN)c1)C(C)C. The molecule has 0 bridgehead atoms. The highest BCUT2D eigenvalue weighted by Crippen LogP contribution is 2.33. The van der Waals surface area contributed by atoms with Gasteiger partial charge in [-0.25, -0.2) is 9.59 Å². The van der Waals surface area contributed by atoms with Gasteiger partial charge in [-0.2, -0.15) is 0 Å². The average Bonchev–Trinajstić information content (AvgIpc) is 3.91. The molecule has 2 aliphatic heterocycles. The van der Waals surface area contributed by atoms with Crippen molar-refractivity contribution < 1.29 is 78.0 Å². The third-order valence-corrected chi connectivity index (χ3v) is 14.8. The number of benzene rings is 2. The van der Waals surface area contributed by atoms with Crippen molar-refractivity contribution in [3.05, 3.63) is 59.7 Å². The molecule has 2 fully saturated rings. The molecule has 0 spiro atoms. The number of hydrogen-bond acceptors (Lipinski definition) is 16. The van der Waals surface area contributed by atoms with Crippen molar-refractivity contribution in [2.24, 2.45) is 29.4 Å². The number of aliphatic hydroxyl groups is 4. The molecule has 2 heterocycles. The van der Waals surface area contributed by atoms with Gasteiger partial charge in [0.05, 0.1) is 36.4 Å². The molecule has 0 radical (unpaired) electrons. The molecule has 6 amide bonds. The van der Waals surface area contributed by atoms with E-state index in [0.717, 1.165) is 11.3 Å². The number of ether oxygens (including phenoxy) is 4. The van der Waals surface area contributed by atoms with E-state index in [-0.39, 0.29) is 54.6 Å². The Balaban J connectivity index is 1.44. The third-order valence-electron chi connectivity index (χ3n) is 14.8. The summed E-state index contributed by atoms with van der Waals surface area (Å²) in [6.45, 7) is 14.6. The summed E-state index contributed by atoms with van der Waals surface area (Å²) in [5, 5.41) is 59.7. The first kappa shape index (κ1) is 64.6. The Morgan fingerprint density at radius 3 is 2.13 bits per heavy atom. The maximum absolute atomic E-state index is 14.7. The number of carboxylic acid groups (broad SMARTS) is 1.